The lowest BCUT2D eigenvalue weighted by Gasteiger charge is -2.23. The van der Waals surface area contributed by atoms with Crippen molar-refractivity contribution in [1.82, 2.24) is 39.9 Å². The summed E-state index contributed by atoms with van der Waals surface area (Å²) >= 11 is 1.55. The van der Waals surface area contributed by atoms with Crippen molar-refractivity contribution >= 4 is 62.4 Å². The van der Waals surface area contributed by atoms with Crippen LogP contribution in [0.3, 0.4) is 0 Å². The van der Waals surface area contributed by atoms with Gasteiger partial charge in [-0.05, 0) is 72.0 Å². The average molecular weight is 845 g/mol. The van der Waals surface area contributed by atoms with Gasteiger partial charge in [-0.15, -0.1) is 11.3 Å². The largest absolute Gasteiger partial charge is 0.505 e. The fraction of sp³-hybridized carbons (Fsp3) is 0.262. The van der Waals surface area contributed by atoms with Crippen LogP contribution in [0.4, 0.5) is 34.1 Å². The summed E-state index contributed by atoms with van der Waals surface area (Å²) in [6, 6.07) is 20.4. The molecule has 3 aromatic carbocycles. The zero-order chi connectivity index (χ0) is 42.9. The molecule has 1 amide bonds. The molecule has 1 saturated carbocycles. The van der Waals surface area contributed by atoms with E-state index in [9.17, 15) is 29.1 Å². The number of carbonyl (C=O) groups excluding carboxylic acids is 1. The first-order valence-corrected chi connectivity index (χ1v) is 20.5. The Kier molecular flexibility index (Phi) is 11.0. The number of phenols is 1. The number of nitrogens with one attached hydrogen (secondary N) is 7. The fourth-order valence-corrected chi connectivity index (χ4v) is 8.18. The first-order chi connectivity index (χ1) is 29.4. The summed E-state index contributed by atoms with van der Waals surface area (Å²) in [4.78, 5) is 70.8. The first-order valence-electron chi connectivity index (χ1n) is 19.6. The number of aromatic amines is 3. The second-order valence-electron chi connectivity index (χ2n) is 15.1. The summed E-state index contributed by atoms with van der Waals surface area (Å²) in [5.74, 6) is -0.556. The molecule has 18 nitrogen and oxygen atoms in total. The Bertz CT molecular complexity index is 3000. The number of fused-ring (bicyclic) bond motifs is 1. The highest BCUT2D eigenvalue weighted by Crippen LogP contribution is 2.44. The number of aryl methyl sites for hydroxylation is 1. The molecule has 0 radical (unpaired) electrons. The number of thiophene rings is 1. The predicted octanol–water partition coefficient (Wildman–Crippen LogP) is 5.33. The van der Waals surface area contributed by atoms with Gasteiger partial charge in [-0.1, -0.05) is 49.4 Å². The molecule has 4 heterocycles. The number of rotatable bonds is 15. The van der Waals surface area contributed by atoms with E-state index in [0.29, 0.717) is 28.7 Å². The minimum atomic E-state index is -0.637. The van der Waals surface area contributed by atoms with Crippen LogP contribution >= 0.6 is 11.3 Å². The predicted molar refractivity (Wildman–Crippen MR) is 236 cm³/mol. The van der Waals surface area contributed by atoms with Gasteiger partial charge >= 0.3 is 0 Å². The van der Waals surface area contributed by atoms with Crippen molar-refractivity contribution in [2.75, 3.05) is 35.4 Å². The topological polar surface area (TPSA) is 240 Å². The van der Waals surface area contributed by atoms with Crippen LogP contribution in [0.25, 0.3) is 11.0 Å². The smallest absolute Gasteiger partial charge is 0.291 e. The number of benzene rings is 3. The molecule has 7 aromatic rings. The van der Waals surface area contributed by atoms with Crippen LogP contribution in [0.2, 0.25) is 0 Å². The van der Waals surface area contributed by atoms with Crippen molar-refractivity contribution < 1.29 is 9.90 Å². The molecule has 0 spiro atoms. The van der Waals surface area contributed by atoms with E-state index in [0.717, 1.165) is 28.0 Å². The number of aromatic nitrogens is 7. The third-order valence-electron chi connectivity index (χ3n) is 10.6. The molecule has 1 unspecified atom stereocenters. The standard InChI is InChI=1S/C42H44N12O6S/c1-5-26(43-35-33(38(56)49-53(4)41(35)59)44-27-13-8-14-28-32(27)48-51-47-28)24-11-6-10-22(20-24)21-54-42(60)36(46-31(23-17-18-23)30-16-9-19-61-30)34(39(57)50-54)45-29-15-7-12-25(37(29)55)40(58)52(2)3/h6-16,19-20,23,26,31,43-46,55H,5,17-18,21H2,1-4H3,(H,49,56)(H,50,57)(H,47,48,51)/t26-,31?/m1/s1. The lowest BCUT2D eigenvalue weighted by atomic mass is 10.0. The van der Waals surface area contributed by atoms with Crippen molar-refractivity contribution in [1.29, 1.82) is 0 Å². The van der Waals surface area contributed by atoms with Crippen molar-refractivity contribution in [3.05, 3.63) is 141 Å². The van der Waals surface area contributed by atoms with Crippen molar-refractivity contribution in [2.45, 2.75) is 44.8 Å². The van der Waals surface area contributed by atoms with Crippen LogP contribution in [0.15, 0.2) is 97.4 Å². The lowest BCUT2D eigenvalue weighted by molar-refractivity contribution is 0.0824. The molecule has 0 bridgehead atoms. The highest BCUT2D eigenvalue weighted by Gasteiger charge is 2.35. The minimum Gasteiger partial charge on any atom is -0.505 e. The van der Waals surface area contributed by atoms with Crippen LogP contribution in [0.5, 0.6) is 5.75 Å². The Labute approximate surface area is 351 Å². The van der Waals surface area contributed by atoms with Gasteiger partial charge in [0.25, 0.3) is 28.1 Å². The summed E-state index contributed by atoms with van der Waals surface area (Å²) < 4.78 is 2.34. The van der Waals surface area contributed by atoms with Gasteiger partial charge < -0.3 is 31.3 Å². The van der Waals surface area contributed by atoms with Gasteiger partial charge in [0.2, 0.25) is 0 Å². The van der Waals surface area contributed by atoms with E-state index in [1.165, 1.54) is 28.8 Å². The minimum absolute atomic E-state index is 0.00227. The van der Waals surface area contributed by atoms with Crippen molar-refractivity contribution in [3.8, 4) is 5.75 Å². The second-order valence-corrected chi connectivity index (χ2v) is 16.1. The Morgan fingerprint density at radius 3 is 2.30 bits per heavy atom. The second kappa shape index (κ2) is 16.7. The molecule has 61 heavy (non-hydrogen) atoms. The summed E-state index contributed by atoms with van der Waals surface area (Å²) in [6.07, 6.45) is 2.40. The molecule has 1 aliphatic carbocycles. The van der Waals surface area contributed by atoms with Crippen molar-refractivity contribution in [2.24, 2.45) is 13.0 Å². The Hall–Kier alpha value is -7.41. The zero-order valence-electron chi connectivity index (χ0n) is 33.7. The van der Waals surface area contributed by atoms with E-state index >= 15 is 0 Å². The molecule has 1 aliphatic rings. The molecule has 19 heteroatoms. The fourth-order valence-electron chi connectivity index (χ4n) is 7.31. The lowest BCUT2D eigenvalue weighted by Crippen LogP contribution is -2.35. The Morgan fingerprint density at radius 1 is 0.869 bits per heavy atom. The molecule has 2 atom stereocenters. The SMILES string of the molecule is CC[C@@H](Nc1c(Nc2cccc3n[nH]nc23)c(=O)[nH]n(C)c1=O)c1cccc(Cn2[nH]c(=O)c(Nc3cccc(C(=O)N(C)C)c3O)c(NC(c3cccs3)C3CC3)c2=O)c1. The third-order valence-corrected chi connectivity index (χ3v) is 11.6. The summed E-state index contributed by atoms with van der Waals surface area (Å²) in [5, 5.41) is 42.0. The first kappa shape index (κ1) is 40.4. The van der Waals surface area contributed by atoms with Gasteiger partial charge in [0.1, 0.15) is 33.8 Å². The molecular formula is C42H44N12O6S. The highest BCUT2D eigenvalue weighted by molar-refractivity contribution is 7.10. The number of amides is 1. The molecule has 0 aliphatic heterocycles. The average Bonchev–Trinajstić information content (AvgIpc) is 3.70. The maximum absolute atomic E-state index is 14.6. The molecule has 4 aromatic heterocycles. The third kappa shape index (κ3) is 8.14. The van der Waals surface area contributed by atoms with Crippen LogP contribution in [0.1, 0.15) is 64.6 Å². The van der Waals surface area contributed by atoms with Crippen molar-refractivity contribution in [3.63, 3.8) is 0 Å². The van der Waals surface area contributed by atoms with E-state index in [4.69, 9.17) is 0 Å². The summed E-state index contributed by atoms with van der Waals surface area (Å²) in [5.41, 5.74) is 0.839. The summed E-state index contributed by atoms with van der Waals surface area (Å²) in [6.45, 7) is 1.91. The highest BCUT2D eigenvalue weighted by atomic mass is 32.1. The normalized spacial score (nSPS) is 13.4. The zero-order valence-corrected chi connectivity index (χ0v) is 34.5. The number of para-hydroxylation sites is 2. The van der Waals surface area contributed by atoms with Crippen LogP contribution in [-0.2, 0) is 13.6 Å². The van der Waals surface area contributed by atoms with Gasteiger partial charge in [0.05, 0.1) is 35.6 Å². The number of carbonyl (C=O) groups is 1. The number of H-pyrrole nitrogens is 3. The van der Waals surface area contributed by atoms with Gasteiger partial charge in [-0.3, -0.25) is 38.9 Å². The molecule has 8 rings (SSSR count). The number of aromatic hydroxyl groups is 1. The van der Waals surface area contributed by atoms with E-state index in [1.807, 2.05) is 48.7 Å². The van der Waals surface area contributed by atoms with Gasteiger partial charge in [0.15, 0.2) is 5.75 Å². The molecule has 0 saturated heterocycles. The Balaban J connectivity index is 1.14. The Morgan fingerprint density at radius 2 is 1.57 bits per heavy atom. The number of nitrogens with zero attached hydrogens (tertiary/aromatic N) is 5. The number of phenolic OH excluding ortho intramolecular Hbond substituents is 1. The van der Waals surface area contributed by atoms with E-state index in [1.54, 1.807) is 49.7 Å². The number of hydrogen-bond acceptors (Lipinski definition) is 13. The molecule has 1 fully saturated rings. The maximum atomic E-state index is 14.6. The van der Waals surface area contributed by atoms with Crippen LogP contribution in [0, 0.1) is 5.92 Å². The number of anilines is 6. The van der Waals surface area contributed by atoms with Gasteiger partial charge in [-0.25, -0.2) is 4.68 Å². The monoisotopic (exact) mass is 844 g/mol. The van der Waals surface area contributed by atoms with E-state index in [-0.39, 0.29) is 58.3 Å². The van der Waals surface area contributed by atoms with Crippen LogP contribution < -0.4 is 43.5 Å². The summed E-state index contributed by atoms with van der Waals surface area (Å²) in [7, 11) is 4.59. The molecular weight excluding hydrogens is 801 g/mol. The van der Waals surface area contributed by atoms with Gasteiger partial charge in [-0.2, -0.15) is 15.4 Å². The quantitative estimate of drug-likeness (QED) is 0.0612. The number of hydrogen-bond donors (Lipinski definition) is 8. The maximum Gasteiger partial charge on any atom is 0.291 e. The van der Waals surface area contributed by atoms with E-state index < -0.39 is 34.2 Å². The molecule has 8 N–H and O–H groups in total. The molecule has 314 valence electrons. The van der Waals surface area contributed by atoms with Gasteiger partial charge in [0, 0.05) is 26.0 Å². The van der Waals surface area contributed by atoms with E-state index in [2.05, 4.69) is 46.9 Å². The van der Waals surface area contributed by atoms with Crippen LogP contribution in [-0.4, -0.2) is 65.0 Å².